The van der Waals surface area contributed by atoms with Gasteiger partial charge in [-0.1, -0.05) is 41.5 Å². The van der Waals surface area contributed by atoms with Gasteiger partial charge in [-0.2, -0.15) is 0 Å². The molecule has 0 saturated heterocycles. The van der Waals surface area contributed by atoms with Gasteiger partial charge in [0.2, 0.25) is 0 Å². The molecule has 2 nitrogen and oxygen atoms in total. The fourth-order valence-electron chi connectivity index (χ4n) is 2.74. The second kappa shape index (κ2) is 5.38. The highest BCUT2D eigenvalue weighted by atomic mass is 16.5. The first-order valence-corrected chi connectivity index (χ1v) is 6.41. The Bertz CT molecular complexity index is 459. The summed E-state index contributed by atoms with van der Waals surface area (Å²) in [7, 11) is 1.48. The summed E-state index contributed by atoms with van der Waals surface area (Å²) in [6.07, 6.45) is 1.77. The van der Waals surface area contributed by atoms with Gasteiger partial charge in [0.05, 0.1) is 13.0 Å². The molecule has 2 atom stereocenters. The largest absolute Gasteiger partial charge is 0.469 e. The van der Waals surface area contributed by atoms with E-state index >= 15 is 0 Å². The predicted molar refractivity (Wildman–Crippen MR) is 72.3 cm³/mol. The topological polar surface area (TPSA) is 26.3 Å². The fourth-order valence-corrected chi connectivity index (χ4v) is 2.74. The molecule has 0 aromatic heterocycles. The smallest absolute Gasteiger partial charge is 0.309 e. The Labute approximate surface area is 109 Å². The highest BCUT2D eigenvalue weighted by Crippen LogP contribution is 2.40. The van der Waals surface area contributed by atoms with Crippen LogP contribution in [0, 0.1) is 5.92 Å². The fraction of sp³-hybridized carbons (Fsp3) is 0.438. The van der Waals surface area contributed by atoms with Crippen LogP contribution in [0.4, 0.5) is 0 Å². The van der Waals surface area contributed by atoms with Crippen molar-refractivity contribution in [1.82, 2.24) is 0 Å². The molecule has 0 bridgehead atoms. The Kier molecular flexibility index (Phi) is 3.85. The minimum absolute atomic E-state index is 0.0406. The van der Waals surface area contributed by atoms with Crippen molar-refractivity contribution in [1.29, 1.82) is 0 Å². The van der Waals surface area contributed by atoms with Crippen molar-refractivity contribution in [2.45, 2.75) is 32.6 Å². The average Bonchev–Trinajstić information content (AvgIpc) is 2.41. The molecule has 0 N–H and O–H groups in total. The number of methoxy groups -OCH3 is 1. The number of rotatable bonds is 2. The van der Waals surface area contributed by atoms with Crippen LogP contribution >= 0.6 is 0 Å². The molecule has 2 rings (SSSR count). The van der Waals surface area contributed by atoms with Gasteiger partial charge in [-0.25, -0.2) is 0 Å². The first-order chi connectivity index (χ1) is 8.63. The summed E-state index contributed by atoms with van der Waals surface area (Å²) >= 11 is 0. The van der Waals surface area contributed by atoms with E-state index in [-0.39, 0.29) is 17.8 Å². The van der Waals surface area contributed by atoms with Crippen LogP contribution in [0.2, 0.25) is 0 Å². The van der Waals surface area contributed by atoms with Crippen LogP contribution in [0.3, 0.4) is 0 Å². The minimum Gasteiger partial charge on any atom is -0.469 e. The average molecular weight is 244 g/mol. The van der Waals surface area contributed by atoms with E-state index in [1.54, 1.807) is 0 Å². The zero-order valence-electron chi connectivity index (χ0n) is 11.3. The van der Waals surface area contributed by atoms with E-state index in [0.29, 0.717) is 0 Å². The molecular weight excluding hydrogens is 224 g/mol. The van der Waals surface area contributed by atoms with Gasteiger partial charge in [-0.15, -0.1) is 0 Å². The van der Waals surface area contributed by atoms with Crippen molar-refractivity contribution in [2.24, 2.45) is 5.92 Å². The van der Waals surface area contributed by atoms with Gasteiger partial charge in [0, 0.05) is 5.92 Å². The predicted octanol–water partition coefficient (Wildman–Crippen LogP) is 3.69. The van der Waals surface area contributed by atoms with Crippen LogP contribution in [0.15, 0.2) is 41.5 Å². The van der Waals surface area contributed by atoms with E-state index in [0.717, 1.165) is 12.8 Å². The Morgan fingerprint density at radius 2 is 1.72 bits per heavy atom. The molecule has 1 aliphatic rings. The van der Waals surface area contributed by atoms with Gasteiger partial charge in [0.1, 0.15) is 0 Å². The Morgan fingerprint density at radius 3 is 2.33 bits per heavy atom. The van der Waals surface area contributed by atoms with E-state index in [9.17, 15) is 4.79 Å². The molecule has 0 heterocycles. The molecule has 0 saturated carbocycles. The van der Waals surface area contributed by atoms with Crippen molar-refractivity contribution in [3.63, 3.8) is 0 Å². The maximum Gasteiger partial charge on any atom is 0.309 e. The lowest BCUT2D eigenvalue weighted by Crippen LogP contribution is -2.27. The summed E-state index contributed by atoms with van der Waals surface area (Å²) in [5, 5.41) is 0. The third kappa shape index (κ3) is 2.47. The van der Waals surface area contributed by atoms with E-state index in [2.05, 4.69) is 26.0 Å². The second-order valence-electron chi connectivity index (χ2n) is 5.12. The molecule has 1 aromatic carbocycles. The number of esters is 1. The molecule has 2 heteroatoms. The van der Waals surface area contributed by atoms with E-state index in [4.69, 9.17) is 4.74 Å². The lowest BCUT2D eigenvalue weighted by molar-refractivity contribution is -0.146. The number of hydrogen-bond donors (Lipinski definition) is 0. The molecule has 0 fully saturated rings. The van der Waals surface area contributed by atoms with E-state index in [1.165, 1.54) is 23.8 Å². The second-order valence-corrected chi connectivity index (χ2v) is 5.12. The van der Waals surface area contributed by atoms with Gasteiger partial charge in [-0.3, -0.25) is 4.79 Å². The van der Waals surface area contributed by atoms with Crippen molar-refractivity contribution in [3.05, 3.63) is 47.0 Å². The highest BCUT2D eigenvalue weighted by molar-refractivity contribution is 5.74. The van der Waals surface area contributed by atoms with Crippen molar-refractivity contribution >= 4 is 5.97 Å². The number of ether oxygens (including phenoxy) is 1. The van der Waals surface area contributed by atoms with Crippen LogP contribution in [-0.4, -0.2) is 13.1 Å². The zero-order valence-corrected chi connectivity index (χ0v) is 11.3. The van der Waals surface area contributed by atoms with Crippen molar-refractivity contribution < 1.29 is 9.53 Å². The van der Waals surface area contributed by atoms with E-state index < -0.39 is 0 Å². The molecule has 1 aromatic rings. The molecular formula is C16H20O2. The van der Waals surface area contributed by atoms with Gasteiger partial charge in [-0.05, 0) is 32.3 Å². The molecule has 0 aliphatic heterocycles. The Hall–Kier alpha value is -1.57. The van der Waals surface area contributed by atoms with Crippen molar-refractivity contribution in [2.75, 3.05) is 7.11 Å². The molecule has 0 spiro atoms. The first kappa shape index (κ1) is 12.9. The van der Waals surface area contributed by atoms with E-state index in [1.807, 2.05) is 18.2 Å². The van der Waals surface area contributed by atoms with Gasteiger partial charge >= 0.3 is 5.97 Å². The van der Waals surface area contributed by atoms with Crippen LogP contribution in [0.5, 0.6) is 0 Å². The quantitative estimate of drug-likeness (QED) is 0.586. The number of carbonyl (C=O) groups excluding carboxylic acids is 1. The molecule has 0 radical (unpaired) electrons. The van der Waals surface area contributed by atoms with Crippen molar-refractivity contribution in [3.8, 4) is 0 Å². The lowest BCUT2D eigenvalue weighted by Gasteiger charge is -2.31. The monoisotopic (exact) mass is 244 g/mol. The summed E-state index contributed by atoms with van der Waals surface area (Å²) in [4.78, 5) is 12.0. The maximum absolute atomic E-state index is 12.0. The molecule has 18 heavy (non-hydrogen) atoms. The van der Waals surface area contributed by atoms with Crippen LogP contribution in [0.25, 0.3) is 0 Å². The molecule has 1 aliphatic carbocycles. The normalized spacial score (nSPS) is 23.9. The third-order valence-corrected chi connectivity index (χ3v) is 4.00. The number of benzene rings is 1. The van der Waals surface area contributed by atoms with Gasteiger partial charge < -0.3 is 4.74 Å². The first-order valence-electron chi connectivity index (χ1n) is 6.41. The van der Waals surface area contributed by atoms with Crippen LogP contribution < -0.4 is 0 Å². The number of allylic oxidation sites excluding steroid dienone is 2. The summed E-state index contributed by atoms with van der Waals surface area (Å²) in [6, 6.07) is 10.3. The SMILES string of the molecule is COC(=O)C1CC(C)=C(C)CC1c1ccccc1. The number of carbonyl (C=O) groups is 1. The third-order valence-electron chi connectivity index (χ3n) is 4.00. The van der Waals surface area contributed by atoms with Gasteiger partial charge in [0.25, 0.3) is 0 Å². The summed E-state index contributed by atoms with van der Waals surface area (Å²) in [5.74, 6) is 0.124. The molecule has 0 amide bonds. The molecule has 2 unspecified atom stereocenters. The Morgan fingerprint density at radius 1 is 1.11 bits per heavy atom. The summed E-state index contributed by atoms with van der Waals surface area (Å²) < 4.78 is 4.96. The maximum atomic E-state index is 12.0. The zero-order chi connectivity index (χ0) is 13.1. The standard InChI is InChI=1S/C16H20O2/c1-11-9-14(13-7-5-4-6-8-13)15(10-12(11)2)16(17)18-3/h4-8,14-15H,9-10H2,1-3H3. The number of hydrogen-bond acceptors (Lipinski definition) is 2. The Balaban J connectivity index is 2.34. The summed E-state index contributed by atoms with van der Waals surface area (Å²) in [5.41, 5.74) is 3.97. The van der Waals surface area contributed by atoms with Crippen LogP contribution in [0.1, 0.15) is 38.2 Å². The minimum atomic E-state index is -0.0873. The van der Waals surface area contributed by atoms with Gasteiger partial charge in [0.15, 0.2) is 0 Å². The highest BCUT2D eigenvalue weighted by Gasteiger charge is 2.34. The summed E-state index contributed by atoms with van der Waals surface area (Å²) in [6.45, 7) is 4.28. The lowest BCUT2D eigenvalue weighted by atomic mass is 9.73. The molecule has 96 valence electrons. The van der Waals surface area contributed by atoms with Crippen LogP contribution in [-0.2, 0) is 9.53 Å².